The molecule has 0 spiro atoms. The molecule has 186 valence electrons. The van der Waals surface area contributed by atoms with E-state index in [1.165, 1.54) is 27.8 Å². The van der Waals surface area contributed by atoms with Crippen LogP contribution >= 0.6 is 22.9 Å². The lowest BCUT2D eigenvalue weighted by Gasteiger charge is -2.26. The van der Waals surface area contributed by atoms with Gasteiger partial charge in [0.25, 0.3) is 5.91 Å². The number of thiazole rings is 1. The fraction of sp³-hybridized carbons (Fsp3) is 0.417. The molecule has 5 rings (SSSR count). The molecule has 0 radical (unpaired) electrons. The van der Waals surface area contributed by atoms with Crippen molar-refractivity contribution in [3.05, 3.63) is 52.5 Å². The smallest absolute Gasteiger partial charge is 0.260 e. The van der Waals surface area contributed by atoms with Gasteiger partial charge in [0.15, 0.2) is 5.13 Å². The summed E-state index contributed by atoms with van der Waals surface area (Å²) in [5.74, 6) is -0.261. The SMILES string of the molecule is Cc1ccc(Cl)c2sc(N(CC3CCCO3)C(=O)c3ccc(S(=O)(=O)N4CCOCC4)cc3)nc12. The highest BCUT2D eigenvalue weighted by Gasteiger charge is 2.29. The number of hydrogen-bond acceptors (Lipinski definition) is 7. The zero-order chi connectivity index (χ0) is 24.6. The van der Waals surface area contributed by atoms with Crippen LogP contribution in [0.1, 0.15) is 28.8 Å². The number of hydrogen-bond donors (Lipinski definition) is 0. The molecule has 11 heteroatoms. The Kier molecular flexibility index (Phi) is 7.11. The summed E-state index contributed by atoms with van der Waals surface area (Å²) in [7, 11) is -3.64. The summed E-state index contributed by atoms with van der Waals surface area (Å²) < 4.78 is 39.2. The fourth-order valence-electron chi connectivity index (χ4n) is 4.31. The molecule has 1 atom stereocenters. The van der Waals surface area contributed by atoms with Crippen LogP contribution in [0.15, 0.2) is 41.3 Å². The molecule has 1 aromatic heterocycles. The first-order valence-electron chi connectivity index (χ1n) is 11.5. The molecule has 1 amide bonds. The second-order valence-electron chi connectivity index (χ2n) is 8.63. The lowest BCUT2D eigenvalue weighted by molar-refractivity contribution is 0.0730. The fourth-order valence-corrected chi connectivity index (χ4v) is 7.04. The van der Waals surface area contributed by atoms with E-state index in [2.05, 4.69) is 0 Å². The van der Waals surface area contributed by atoms with Crippen molar-refractivity contribution in [3.63, 3.8) is 0 Å². The largest absolute Gasteiger partial charge is 0.379 e. The van der Waals surface area contributed by atoms with Crippen molar-refractivity contribution in [1.82, 2.24) is 9.29 Å². The Balaban J connectivity index is 1.46. The van der Waals surface area contributed by atoms with Crippen LogP contribution in [-0.2, 0) is 19.5 Å². The van der Waals surface area contributed by atoms with Crippen molar-refractivity contribution >= 4 is 54.2 Å². The molecule has 0 bridgehead atoms. The number of halogens is 1. The zero-order valence-corrected chi connectivity index (χ0v) is 21.7. The summed E-state index contributed by atoms with van der Waals surface area (Å²) in [6, 6.07) is 9.84. The van der Waals surface area contributed by atoms with Gasteiger partial charge in [0.2, 0.25) is 10.0 Å². The van der Waals surface area contributed by atoms with Gasteiger partial charge >= 0.3 is 0 Å². The number of nitrogens with zero attached hydrogens (tertiary/aromatic N) is 3. The Morgan fingerprint density at radius 3 is 2.57 bits per heavy atom. The molecule has 1 unspecified atom stereocenters. The van der Waals surface area contributed by atoms with Crippen LogP contribution in [0.5, 0.6) is 0 Å². The summed E-state index contributed by atoms with van der Waals surface area (Å²) in [5.41, 5.74) is 2.13. The van der Waals surface area contributed by atoms with Gasteiger partial charge in [-0.1, -0.05) is 29.0 Å². The number of benzene rings is 2. The quantitative estimate of drug-likeness (QED) is 0.472. The minimum atomic E-state index is -3.64. The van der Waals surface area contributed by atoms with Crippen molar-refractivity contribution in [2.75, 3.05) is 44.4 Å². The number of fused-ring (bicyclic) bond motifs is 1. The van der Waals surface area contributed by atoms with E-state index in [9.17, 15) is 13.2 Å². The topological polar surface area (TPSA) is 89.0 Å². The Morgan fingerprint density at radius 2 is 1.91 bits per heavy atom. The molecule has 2 aliphatic rings. The summed E-state index contributed by atoms with van der Waals surface area (Å²) >= 11 is 7.78. The number of morpholine rings is 1. The molecule has 2 aliphatic heterocycles. The number of carbonyl (C=O) groups excluding carboxylic acids is 1. The van der Waals surface area contributed by atoms with Crippen LogP contribution in [0.4, 0.5) is 5.13 Å². The number of anilines is 1. The first-order valence-corrected chi connectivity index (χ1v) is 14.1. The van der Waals surface area contributed by atoms with E-state index in [4.69, 9.17) is 26.1 Å². The van der Waals surface area contributed by atoms with E-state index in [1.54, 1.807) is 17.0 Å². The predicted molar refractivity (Wildman–Crippen MR) is 136 cm³/mol. The van der Waals surface area contributed by atoms with E-state index in [-0.39, 0.29) is 16.9 Å². The highest BCUT2D eigenvalue weighted by molar-refractivity contribution is 7.89. The average molecular weight is 536 g/mol. The van der Waals surface area contributed by atoms with Crippen LogP contribution in [0, 0.1) is 6.92 Å². The van der Waals surface area contributed by atoms with Crippen molar-refractivity contribution in [2.24, 2.45) is 0 Å². The second kappa shape index (κ2) is 10.1. The van der Waals surface area contributed by atoms with Crippen LogP contribution < -0.4 is 4.90 Å². The Bertz CT molecular complexity index is 1290. The highest BCUT2D eigenvalue weighted by Crippen LogP contribution is 2.36. The summed E-state index contributed by atoms with van der Waals surface area (Å²) in [6.45, 7) is 4.38. The third kappa shape index (κ3) is 4.96. The predicted octanol–water partition coefficient (Wildman–Crippen LogP) is 4.10. The molecule has 3 aromatic rings. The number of ether oxygens (including phenoxy) is 2. The number of sulfonamides is 1. The van der Waals surface area contributed by atoms with E-state index in [0.717, 1.165) is 28.6 Å². The molecular weight excluding hydrogens is 510 g/mol. The summed E-state index contributed by atoms with van der Waals surface area (Å²) in [6.07, 6.45) is 1.74. The van der Waals surface area contributed by atoms with Gasteiger partial charge in [0.05, 0.1) is 46.0 Å². The first kappa shape index (κ1) is 24.6. The molecule has 0 aliphatic carbocycles. The maximum Gasteiger partial charge on any atom is 0.260 e. The Hall–Kier alpha value is -2.08. The average Bonchev–Trinajstić information content (AvgIpc) is 3.56. The molecule has 2 aromatic carbocycles. The van der Waals surface area contributed by atoms with Gasteiger partial charge in [-0.3, -0.25) is 9.69 Å². The van der Waals surface area contributed by atoms with Crippen LogP contribution in [0.3, 0.4) is 0 Å². The first-order chi connectivity index (χ1) is 16.8. The number of amides is 1. The molecule has 3 heterocycles. The third-order valence-electron chi connectivity index (χ3n) is 6.28. The zero-order valence-electron chi connectivity index (χ0n) is 19.3. The van der Waals surface area contributed by atoms with Gasteiger partial charge in [-0.2, -0.15) is 4.31 Å². The van der Waals surface area contributed by atoms with E-state index < -0.39 is 10.0 Å². The maximum absolute atomic E-state index is 13.7. The number of aromatic nitrogens is 1. The standard InChI is InChI=1S/C24H26ClN3O5S2/c1-16-4-9-20(25)22-21(16)26-24(34-22)28(15-18-3-2-12-33-18)23(29)17-5-7-19(8-6-17)35(30,31)27-10-13-32-14-11-27/h4-9,18H,2-3,10-15H2,1H3. The maximum atomic E-state index is 13.7. The molecule has 0 N–H and O–H groups in total. The van der Waals surface area contributed by atoms with Crippen molar-refractivity contribution in [1.29, 1.82) is 0 Å². The van der Waals surface area contributed by atoms with Crippen LogP contribution in [-0.4, -0.2) is 69.2 Å². The van der Waals surface area contributed by atoms with E-state index in [0.29, 0.717) is 55.2 Å². The van der Waals surface area contributed by atoms with Crippen molar-refractivity contribution in [2.45, 2.75) is 30.8 Å². The van der Waals surface area contributed by atoms with Crippen LogP contribution in [0.2, 0.25) is 5.02 Å². The minimum Gasteiger partial charge on any atom is -0.379 e. The number of aryl methyl sites for hydroxylation is 1. The van der Waals surface area contributed by atoms with E-state index >= 15 is 0 Å². The van der Waals surface area contributed by atoms with Gasteiger partial charge in [-0.05, 0) is 55.7 Å². The molecule has 35 heavy (non-hydrogen) atoms. The van der Waals surface area contributed by atoms with Gasteiger partial charge in [0, 0.05) is 25.3 Å². The molecule has 2 saturated heterocycles. The van der Waals surface area contributed by atoms with E-state index in [1.807, 2.05) is 19.1 Å². The lowest BCUT2D eigenvalue weighted by Crippen LogP contribution is -2.40. The van der Waals surface area contributed by atoms with Crippen LogP contribution in [0.25, 0.3) is 10.2 Å². The van der Waals surface area contributed by atoms with Gasteiger partial charge in [0.1, 0.15) is 0 Å². The van der Waals surface area contributed by atoms with Gasteiger partial charge in [-0.15, -0.1) is 0 Å². The Morgan fingerprint density at radius 1 is 1.17 bits per heavy atom. The lowest BCUT2D eigenvalue weighted by atomic mass is 10.2. The number of carbonyl (C=O) groups is 1. The minimum absolute atomic E-state index is 0.0801. The summed E-state index contributed by atoms with van der Waals surface area (Å²) in [5, 5.41) is 1.14. The normalized spacial score (nSPS) is 19.3. The number of rotatable bonds is 6. The highest BCUT2D eigenvalue weighted by atomic mass is 35.5. The third-order valence-corrected chi connectivity index (χ3v) is 9.73. The second-order valence-corrected chi connectivity index (χ2v) is 12.0. The molecule has 0 saturated carbocycles. The summed E-state index contributed by atoms with van der Waals surface area (Å²) in [4.78, 5) is 20.2. The Labute approximate surface area is 213 Å². The van der Waals surface area contributed by atoms with Gasteiger partial charge in [-0.25, -0.2) is 13.4 Å². The van der Waals surface area contributed by atoms with Gasteiger partial charge < -0.3 is 9.47 Å². The van der Waals surface area contributed by atoms with Crippen molar-refractivity contribution in [3.8, 4) is 0 Å². The molecular formula is C24H26ClN3O5S2. The molecule has 2 fully saturated rings. The monoisotopic (exact) mass is 535 g/mol. The molecule has 8 nitrogen and oxygen atoms in total. The van der Waals surface area contributed by atoms with Crippen molar-refractivity contribution < 1.29 is 22.7 Å².